The molecule has 0 atom stereocenters. The molecule has 1 heterocycles. The van der Waals surface area contributed by atoms with Crippen molar-refractivity contribution in [2.75, 3.05) is 0 Å². The van der Waals surface area contributed by atoms with Crippen molar-refractivity contribution in [2.45, 2.75) is 0 Å². The molecule has 0 aliphatic carbocycles. The first-order valence-corrected chi connectivity index (χ1v) is 5.50. The van der Waals surface area contributed by atoms with Crippen molar-refractivity contribution in [1.82, 2.24) is 0 Å². The molecule has 3 rings (SSSR count). The molecule has 2 aromatic carbocycles. The summed E-state index contributed by atoms with van der Waals surface area (Å²) in [7, 11) is 0. The van der Waals surface area contributed by atoms with E-state index in [0.29, 0.717) is 0 Å². The molecule has 0 bridgehead atoms. The Balaban J connectivity index is 0.000000128. The second-order valence-electron chi connectivity index (χ2n) is 3.57. The van der Waals surface area contributed by atoms with Crippen LogP contribution in [-0.4, -0.2) is 0 Å². The first kappa shape index (κ1) is 11.2. The number of furan rings is 1. The van der Waals surface area contributed by atoms with E-state index >= 15 is 0 Å². The van der Waals surface area contributed by atoms with Gasteiger partial charge in [0.25, 0.3) is 0 Å². The van der Waals surface area contributed by atoms with Gasteiger partial charge in [-0.3, -0.25) is 0 Å². The number of rotatable bonds is 1. The highest BCUT2D eigenvalue weighted by Gasteiger charge is 1.89. The lowest BCUT2D eigenvalue weighted by molar-refractivity contribution is 0.616. The topological polar surface area (TPSA) is 13.1 Å². The van der Waals surface area contributed by atoms with E-state index in [0.717, 1.165) is 11.0 Å². The van der Waals surface area contributed by atoms with Crippen LogP contribution in [-0.2, 0) is 0 Å². The number of hydrogen-bond acceptors (Lipinski definition) is 1. The number of benzene rings is 2. The van der Waals surface area contributed by atoms with Crippen LogP contribution in [0.25, 0.3) is 17.0 Å². The zero-order valence-corrected chi connectivity index (χ0v) is 9.54. The number of para-hydroxylation sites is 1. The minimum Gasteiger partial charge on any atom is -0.464 e. The molecule has 0 aliphatic rings. The van der Waals surface area contributed by atoms with Crippen molar-refractivity contribution in [3.8, 4) is 0 Å². The van der Waals surface area contributed by atoms with Crippen molar-refractivity contribution in [2.24, 2.45) is 0 Å². The zero-order valence-electron chi connectivity index (χ0n) is 9.54. The van der Waals surface area contributed by atoms with Gasteiger partial charge < -0.3 is 4.42 Å². The van der Waals surface area contributed by atoms with Gasteiger partial charge in [0.1, 0.15) is 5.58 Å². The molecule has 1 nitrogen and oxygen atoms in total. The van der Waals surface area contributed by atoms with E-state index in [1.807, 2.05) is 66.7 Å². The largest absolute Gasteiger partial charge is 0.464 e. The summed E-state index contributed by atoms with van der Waals surface area (Å²) in [5, 5.41) is 1.16. The molecule has 3 aromatic rings. The van der Waals surface area contributed by atoms with Gasteiger partial charge in [-0.15, -0.1) is 0 Å². The average molecular weight is 222 g/mol. The van der Waals surface area contributed by atoms with E-state index in [4.69, 9.17) is 4.42 Å². The Morgan fingerprint density at radius 2 is 1.53 bits per heavy atom. The summed E-state index contributed by atoms with van der Waals surface area (Å²) in [5.41, 5.74) is 2.13. The molecule has 1 aromatic heterocycles. The summed E-state index contributed by atoms with van der Waals surface area (Å²) in [6, 6.07) is 19.9. The van der Waals surface area contributed by atoms with E-state index < -0.39 is 0 Å². The fourth-order valence-electron chi connectivity index (χ4n) is 1.50. The fourth-order valence-corrected chi connectivity index (χ4v) is 1.50. The number of hydrogen-bond donors (Lipinski definition) is 0. The lowest BCUT2D eigenvalue weighted by Gasteiger charge is -1.85. The molecule has 84 valence electrons. The summed E-state index contributed by atoms with van der Waals surface area (Å²) >= 11 is 0. The Morgan fingerprint density at radius 3 is 2.18 bits per heavy atom. The van der Waals surface area contributed by atoms with Gasteiger partial charge in [0, 0.05) is 5.39 Å². The minimum atomic E-state index is 0.956. The normalized spacial score (nSPS) is 9.41. The molecule has 0 aliphatic heterocycles. The van der Waals surface area contributed by atoms with Crippen LogP contribution in [0.5, 0.6) is 0 Å². The highest BCUT2D eigenvalue weighted by molar-refractivity contribution is 5.76. The molecule has 0 radical (unpaired) electrons. The first-order chi connectivity index (χ1) is 8.40. The predicted octanol–water partition coefficient (Wildman–Crippen LogP) is 4.76. The van der Waals surface area contributed by atoms with Crippen LogP contribution in [0, 0.1) is 0 Å². The SMILES string of the molecule is C=Cc1ccccc1.c1ccc2occc2c1. The molecule has 0 fully saturated rings. The van der Waals surface area contributed by atoms with Crippen molar-refractivity contribution in [3.63, 3.8) is 0 Å². The molecule has 0 amide bonds. The van der Waals surface area contributed by atoms with Gasteiger partial charge in [-0.05, 0) is 17.7 Å². The summed E-state index contributed by atoms with van der Waals surface area (Å²) in [6.07, 6.45) is 3.53. The van der Waals surface area contributed by atoms with Crippen molar-refractivity contribution in [3.05, 3.63) is 79.1 Å². The van der Waals surface area contributed by atoms with Crippen LogP contribution in [0.3, 0.4) is 0 Å². The summed E-state index contributed by atoms with van der Waals surface area (Å²) in [4.78, 5) is 0. The zero-order chi connectivity index (χ0) is 11.9. The quantitative estimate of drug-likeness (QED) is 0.578. The van der Waals surface area contributed by atoms with Crippen LogP contribution in [0.1, 0.15) is 5.56 Å². The molecule has 0 saturated carbocycles. The third-order valence-electron chi connectivity index (χ3n) is 2.40. The number of fused-ring (bicyclic) bond motifs is 1. The van der Waals surface area contributed by atoms with Gasteiger partial charge in [0.2, 0.25) is 0 Å². The maximum atomic E-state index is 5.12. The Hall–Kier alpha value is -2.28. The third-order valence-corrected chi connectivity index (χ3v) is 2.40. The first-order valence-electron chi connectivity index (χ1n) is 5.50. The van der Waals surface area contributed by atoms with Gasteiger partial charge in [-0.1, -0.05) is 61.2 Å². The van der Waals surface area contributed by atoms with Gasteiger partial charge in [-0.25, -0.2) is 0 Å². The van der Waals surface area contributed by atoms with Gasteiger partial charge in [0.05, 0.1) is 6.26 Å². The van der Waals surface area contributed by atoms with Crippen LogP contribution in [0.15, 0.2) is 77.9 Å². The van der Waals surface area contributed by atoms with Crippen LogP contribution >= 0.6 is 0 Å². The summed E-state index contributed by atoms with van der Waals surface area (Å²) < 4.78 is 5.12. The Bertz CT molecular complexity index is 548. The second-order valence-corrected chi connectivity index (χ2v) is 3.57. The summed E-state index contributed by atoms with van der Waals surface area (Å²) in [6.45, 7) is 3.63. The van der Waals surface area contributed by atoms with Crippen molar-refractivity contribution in [1.29, 1.82) is 0 Å². The van der Waals surface area contributed by atoms with Crippen LogP contribution in [0.4, 0.5) is 0 Å². The molecule has 1 heteroatoms. The highest BCUT2D eigenvalue weighted by atomic mass is 16.3. The van der Waals surface area contributed by atoms with E-state index in [1.165, 1.54) is 5.56 Å². The highest BCUT2D eigenvalue weighted by Crippen LogP contribution is 2.12. The van der Waals surface area contributed by atoms with E-state index in [9.17, 15) is 0 Å². The van der Waals surface area contributed by atoms with E-state index in [1.54, 1.807) is 6.26 Å². The predicted molar refractivity (Wildman–Crippen MR) is 72.7 cm³/mol. The molecular weight excluding hydrogens is 208 g/mol. The van der Waals surface area contributed by atoms with Crippen molar-refractivity contribution < 1.29 is 4.42 Å². The standard InChI is InChI=1S/C8H6O.C8H8/c1-2-4-8-7(3-1)5-6-9-8;1-2-8-6-4-3-5-7-8/h1-6H;2-7H,1H2. The third kappa shape index (κ3) is 3.08. The van der Waals surface area contributed by atoms with Crippen molar-refractivity contribution >= 4 is 17.0 Å². The van der Waals surface area contributed by atoms with Gasteiger partial charge in [-0.2, -0.15) is 0 Å². The Kier molecular flexibility index (Phi) is 3.77. The Morgan fingerprint density at radius 1 is 0.824 bits per heavy atom. The van der Waals surface area contributed by atoms with Crippen LogP contribution < -0.4 is 0 Å². The summed E-state index contributed by atoms with van der Waals surface area (Å²) in [5.74, 6) is 0. The Labute approximate surface area is 101 Å². The molecule has 0 N–H and O–H groups in total. The minimum absolute atomic E-state index is 0.956. The van der Waals surface area contributed by atoms with E-state index in [-0.39, 0.29) is 0 Å². The molecule has 0 spiro atoms. The fraction of sp³-hybridized carbons (Fsp3) is 0. The smallest absolute Gasteiger partial charge is 0.133 e. The molecule has 0 unspecified atom stereocenters. The monoisotopic (exact) mass is 222 g/mol. The maximum absolute atomic E-state index is 5.12. The molecule has 0 saturated heterocycles. The average Bonchev–Trinajstić information content (AvgIpc) is 2.89. The second kappa shape index (κ2) is 5.71. The lowest BCUT2D eigenvalue weighted by atomic mass is 10.2. The van der Waals surface area contributed by atoms with E-state index in [2.05, 4.69) is 6.58 Å². The lowest BCUT2D eigenvalue weighted by Crippen LogP contribution is -1.63. The van der Waals surface area contributed by atoms with Crippen LogP contribution in [0.2, 0.25) is 0 Å². The van der Waals surface area contributed by atoms with Gasteiger partial charge in [0.15, 0.2) is 0 Å². The molecule has 17 heavy (non-hydrogen) atoms. The van der Waals surface area contributed by atoms with Gasteiger partial charge >= 0.3 is 0 Å². The maximum Gasteiger partial charge on any atom is 0.133 e. The molecular formula is C16H14O.